The minimum absolute atomic E-state index is 0.880. The minimum Gasteiger partial charge on any atom is -0.497 e. The summed E-state index contributed by atoms with van der Waals surface area (Å²) in [5.41, 5.74) is 3.65. The third-order valence-electron chi connectivity index (χ3n) is 4.18. The fourth-order valence-corrected chi connectivity index (χ4v) is 3.87. The number of fused-ring (bicyclic) bond motifs is 1. The number of benzene rings is 3. The molecule has 4 rings (SSSR count). The third kappa shape index (κ3) is 3.49. The van der Waals surface area contributed by atoms with Crippen LogP contribution >= 0.6 is 11.3 Å². The minimum atomic E-state index is 0.880. The van der Waals surface area contributed by atoms with E-state index >= 15 is 0 Å². The average Bonchev–Trinajstić information content (AvgIpc) is 3.11. The smallest absolute Gasteiger partial charge is 0.118 e. The Hall–Kier alpha value is -2.84. The van der Waals surface area contributed by atoms with Gasteiger partial charge >= 0.3 is 0 Å². The maximum absolute atomic E-state index is 5.20. The van der Waals surface area contributed by atoms with E-state index in [4.69, 9.17) is 4.74 Å². The Kier molecular flexibility index (Phi) is 4.36. The van der Waals surface area contributed by atoms with Crippen LogP contribution in [0.5, 0.6) is 5.75 Å². The Morgan fingerprint density at radius 3 is 2.24 bits per heavy atom. The van der Waals surface area contributed by atoms with Gasteiger partial charge in [-0.25, -0.2) is 0 Å². The molecule has 1 heterocycles. The highest BCUT2D eigenvalue weighted by atomic mass is 32.1. The number of thiophene rings is 1. The second kappa shape index (κ2) is 6.96. The van der Waals surface area contributed by atoms with Crippen LogP contribution in [0.4, 0.5) is 0 Å². The highest BCUT2D eigenvalue weighted by molar-refractivity contribution is 7.22. The molecular formula is C23H18OS. The van der Waals surface area contributed by atoms with Crippen molar-refractivity contribution in [1.82, 2.24) is 0 Å². The van der Waals surface area contributed by atoms with Gasteiger partial charge in [-0.3, -0.25) is 0 Å². The topological polar surface area (TPSA) is 9.23 Å². The quantitative estimate of drug-likeness (QED) is 0.373. The molecule has 25 heavy (non-hydrogen) atoms. The Labute approximate surface area is 151 Å². The Morgan fingerprint density at radius 1 is 0.760 bits per heavy atom. The van der Waals surface area contributed by atoms with E-state index in [0.29, 0.717) is 0 Å². The molecule has 2 heteroatoms. The molecule has 0 radical (unpaired) electrons. The molecule has 0 bridgehead atoms. The van der Waals surface area contributed by atoms with Gasteiger partial charge in [0.2, 0.25) is 0 Å². The van der Waals surface area contributed by atoms with Crippen LogP contribution in [-0.2, 0) is 0 Å². The first kappa shape index (κ1) is 15.7. The van der Waals surface area contributed by atoms with Crippen LogP contribution < -0.4 is 4.74 Å². The van der Waals surface area contributed by atoms with Crippen molar-refractivity contribution < 1.29 is 4.74 Å². The molecule has 1 nitrogen and oxygen atoms in total. The second-order valence-corrected chi connectivity index (χ2v) is 6.96. The highest BCUT2D eigenvalue weighted by Gasteiger charge is 2.04. The lowest BCUT2D eigenvalue weighted by Gasteiger charge is -1.99. The highest BCUT2D eigenvalue weighted by Crippen LogP contribution is 2.34. The van der Waals surface area contributed by atoms with Crippen molar-refractivity contribution in [3.8, 4) is 16.2 Å². The van der Waals surface area contributed by atoms with Crippen LogP contribution in [0.1, 0.15) is 11.1 Å². The van der Waals surface area contributed by atoms with Crippen LogP contribution in [0.25, 0.3) is 32.7 Å². The van der Waals surface area contributed by atoms with Gasteiger partial charge in [-0.1, -0.05) is 60.7 Å². The summed E-state index contributed by atoms with van der Waals surface area (Å²) in [5, 5.41) is 1.29. The number of hydrogen-bond donors (Lipinski definition) is 0. The molecule has 0 unspecified atom stereocenters. The van der Waals surface area contributed by atoms with E-state index in [1.54, 1.807) is 7.11 Å². The summed E-state index contributed by atoms with van der Waals surface area (Å²) >= 11 is 1.84. The van der Waals surface area contributed by atoms with Gasteiger partial charge in [-0.05, 0) is 52.4 Å². The predicted molar refractivity (Wildman–Crippen MR) is 109 cm³/mol. The predicted octanol–water partition coefficient (Wildman–Crippen LogP) is 6.75. The zero-order valence-electron chi connectivity index (χ0n) is 14.0. The Balaban J connectivity index is 1.61. The molecule has 122 valence electrons. The van der Waals surface area contributed by atoms with E-state index in [-0.39, 0.29) is 0 Å². The SMILES string of the molecule is COc1ccc(C=Cc2ccc3sc(-c4ccccc4)cc3c2)cc1. The van der Waals surface area contributed by atoms with E-state index in [0.717, 1.165) is 11.3 Å². The van der Waals surface area contributed by atoms with Crippen molar-refractivity contribution in [3.05, 3.63) is 90.0 Å². The molecule has 0 amide bonds. The van der Waals surface area contributed by atoms with Crippen LogP contribution in [0.3, 0.4) is 0 Å². The van der Waals surface area contributed by atoms with Gasteiger partial charge in [0.25, 0.3) is 0 Å². The Morgan fingerprint density at radius 2 is 1.48 bits per heavy atom. The monoisotopic (exact) mass is 342 g/mol. The average molecular weight is 342 g/mol. The lowest BCUT2D eigenvalue weighted by atomic mass is 10.1. The summed E-state index contributed by atoms with van der Waals surface area (Å²) in [6.07, 6.45) is 4.28. The largest absolute Gasteiger partial charge is 0.497 e. The zero-order valence-corrected chi connectivity index (χ0v) is 14.8. The molecule has 0 atom stereocenters. The van der Waals surface area contributed by atoms with Gasteiger partial charge in [0, 0.05) is 9.58 Å². The Bertz CT molecular complexity index is 1010. The molecule has 0 fully saturated rings. The molecule has 0 aliphatic carbocycles. The van der Waals surface area contributed by atoms with Crippen molar-refractivity contribution in [3.63, 3.8) is 0 Å². The van der Waals surface area contributed by atoms with E-state index in [1.807, 2.05) is 23.5 Å². The number of methoxy groups -OCH3 is 1. The van der Waals surface area contributed by atoms with Crippen LogP contribution in [0.15, 0.2) is 78.9 Å². The number of hydrogen-bond acceptors (Lipinski definition) is 2. The normalized spacial score (nSPS) is 11.2. The zero-order chi connectivity index (χ0) is 17.1. The molecule has 0 N–H and O–H groups in total. The summed E-state index contributed by atoms with van der Waals surface area (Å²) in [5.74, 6) is 0.880. The maximum Gasteiger partial charge on any atom is 0.118 e. The van der Waals surface area contributed by atoms with Gasteiger partial charge in [0.05, 0.1) is 7.11 Å². The van der Waals surface area contributed by atoms with Crippen LogP contribution in [-0.4, -0.2) is 7.11 Å². The molecule has 4 aromatic rings. The van der Waals surface area contributed by atoms with Gasteiger partial charge in [-0.15, -0.1) is 11.3 Å². The van der Waals surface area contributed by atoms with E-state index in [9.17, 15) is 0 Å². The summed E-state index contributed by atoms with van der Waals surface area (Å²) in [4.78, 5) is 1.31. The molecule has 0 spiro atoms. The van der Waals surface area contributed by atoms with Crippen LogP contribution in [0, 0.1) is 0 Å². The second-order valence-electron chi connectivity index (χ2n) is 5.88. The lowest BCUT2D eigenvalue weighted by molar-refractivity contribution is 0.415. The summed E-state index contributed by atoms with van der Waals surface area (Å²) in [6.45, 7) is 0. The molecule has 0 aliphatic heterocycles. The number of rotatable bonds is 4. The van der Waals surface area contributed by atoms with Crippen LogP contribution in [0.2, 0.25) is 0 Å². The van der Waals surface area contributed by atoms with Crippen molar-refractivity contribution in [2.75, 3.05) is 7.11 Å². The summed E-state index contributed by atoms with van der Waals surface area (Å²) in [7, 11) is 1.69. The molecule has 0 saturated carbocycles. The standard InChI is InChI=1S/C23H18OS/c1-24-21-12-9-17(10-13-21)7-8-18-11-14-22-20(15-18)16-23(25-22)19-5-3-2-4-6-19/h2-16H,1H3. The van der Waals surface area contributed by atoms with E-state index in [2.05, 4.69) is 78.9 Å². The lowest BCUT2D eigenvalue weighted by Crippen LogP contribution is -1.81. The summed E-state index contributed by atoms with van der Waals surface area (Å²) < 4.78 is 6.52. The maximum atomic E-state index is 5.20. The summed E-state index contributed by atoms with van der Waals surface area (Å²) in [6, 6.07) is 27.5. The number of ether oxygens (including phenoxy) is 1. The molecular weight excluding hydrogens is 324 g/mol. The first-order valence-electron chi connectivity index (χ1n) is 8.23. The fourth-order valence-electron chi connectivity index (χ4n) is 2.82. The van der Waals surface area contributed by atoms with E-state index in [1.165, 1.54) is 26.1 Å². The molecule has 3 aromatic carbocycles. The van der Waals surface area contributed by atoms with Gasteiger partial charge in [0.15, 0.2) is 0 Å². The molecule has 1 aromatic heterocycles. The third-order valence-corrected chi connectivity index (χ3v) is 5.35. The van der Waals surface area contributed by atoms with Gasteiger partial charge in [0.1, 0.15) is 5.75 Å². The fraction of sp³-hybridized carbons (Fsp3) is 0.0435. The molecule has 0 saturated heterocycles. The van der Waals surface area contributed by atoms with Crippen molar-refractivity contribution in [2.45, 2.75) is 0 Å². The van der Waals surface area contributed by atoms with Crippen molar-refractivity contribution >= 4 is 33.6 Å². The van der Waals surface area contributed by atoms with Gasteiger partial charge in [-0.2, -0.15) is 0 Å². The van der Waals surface area contributed by atoms with Gasteiger partial charge < -0.3 is 4.74 Å². The van der Waals surface area contributed by atoms with E-state index < -0.39 is 0 Å². The molecule has 0 aliphatic rings. The first-order chi connectivity index (χ1) is 12.3. The van der Waals surface area contributed by atoms with Crippen molar-refractivity contribution in [2.24, 2.45) is 0 Å². The first-order valence-corrected chi connectivity index (χ1v) is 9.05. The van der Waals surface area contributed by atoms with Crippen molar-refractivity contribution in [1.29, 1.82) is 0 Å².